The number of Topliss-reactive ketones (excluding diaryl/α,β-unsaturated/α-hetero) is 1. The largest absolute Gasteiger partial charge is 0.465 e. The number of ketones is 1. The van der Waals surface area contributed by atoms with Gasteiger partial charge in [-0.05, 0) is 49.6 Å². The first-order valence-corrected chi connectivity index (χ1v) is 14.1. The van der Waals surface area contributed by atoms with Crippen molar-refractivity contribution >= 4 is 29.1 Å². The van der Waals surface area contributed by atoms with E-state index in [4.69, 9.17) is 15.2 Å². The lowest BCUT2D eigenvalue weighted by Gasteiger charge is -2.44. The van der Waals surface area contributed by atoms with E-state index in [9.17, 15) is 28.9 Å². The van der Waals surface area contributed by atoms with E-state index in [1.54, 1.807) is 32.0 Å². The molecule has 0 fully saturated rings. The number of non-ortho nitro benzene ring substituents is 1. The Morgan fingerprint density at radius 2 is 1.66 bits per heavy atom. The highest BCUT2D eigenvalue weighted by Gasteiger charge is 2.51. The number of ether oxygens (including phenoxy) is 2. The Labute approximate surface area is 252 Å². The van der Waals surface area contributed by atoms with Crippen LogP contribution in [0.3, 0.4) is 0 Å². The molecule has 44 heavy (non-hydrogen) atoms. The van der Waals surface area contributed by atoms with Crippen molar-refractivity contribution in [2.75, 3.05) is 18.1 Å². The van der Waals surface area contributed by atoms with Crippen LogP contribution in [0.1, 0.15) is 43.2 Å². The lowest BCUT2D eigenvalue weighted by Crippen LogP contribution is -2.46. The minimum absolute atomic E-state index is 0.00998. The van der Waals surface area contributed by atoms with Crippen molar-refractivity contribution in [2.45, 2.75) is 32.1 Å². The van der Waals surface area contributed by atoms with Crippen LogP contribution in [-0.2, 0) is 23.9 Å². The number of allylic oxidation sites excluding steroid dienone is 2. The summed E-state index contributed by atoms with van der Waals surface area (Å²) in [5.41, 5.74) is 8.20. The van der Waals surface area contributed by atoms with Gasteiger partial charge in [0.25, 0.3) is 5.69 Å². The maximum absolute atomic E-state index is 14.7. The van der Waals surface area contributed by atoms with E-state index >= 15 is 0 Å². The van der Waals surface area contributed by atoms with Gasteiger partial charge in [-0.3, -0.25) is 24.6 Å². The van der Waals surface area contributed by atoms with Gasteiger partial charge >= 0.3 is 11.9 Å². The Morgan fingerprint density at radius 1 is 0.977 bits per heavy atom. The van der Waals surface area contributed by atoms with E-state index in [1.807, 2.05) is 18.2 Å². The molecule has 0 saturated carbocycles. The number of nitrogens with zero attached hydrogens (tertiary/aromatic N) is 2. The summed E-state index contributed by atoms with van der Waals surface area (Å²) in [6.07, 6.45) is 0.103. The predicted molar refractivity (Wildman–Crippen MR) is 159 cm³/mol. The number of rotatable bonds is 8. The number of nitrogens with two attached hydrogens (primary N) is 1. The van der Waals surface area contributed by atoms with Gasteiger partial charge in [0.1, 0.15) is 17.6 Å². The first-order chi connectivity index (χ1) is 21.2. The average Bonchev–Trinajstić information content (AvgIpc) is 3.01. The molecule has 226 valence electrons. The van der Waals surface area contributed by atoms with Crippen LogP contribution < -0.4 is 10.6 Å². The number of hydrogen-bond donors (Lipinski definition) is 1. The molecule has 0 aromatic heterocycles. The van der Waals surface area contributed by atoms with E-state index in [1.165, 1.54) is 47.4 Å². The Morgan fingerprint density at radius 3 is 2.27 bits per heavy atom. The summed E-state index contributed by atoms with van der Waals surface area (Å²) in [5, 5.41) is 11.4. The van der Waals surface area contributed by atoms with Gasteiger partial charge in [0, 0.05) is 29.3 Å². The molecule has 0 bridgehead atoms. The van der Waals surface area contributed by atoms with E-state index in [2.05, 4.69) is 0 Å². The fourth-order valence-corrected chi connectivity index (χ4v) is 5.98. The number of nitro benzene ring substituents is 1. The van der Waals surface area contributed by atoms with Crippen molar-refractivity contribution in [2.24, 2.45) is 11.7 Å². The summed E-state index contributed by atoms with van der Waals surface area (Å²) in [4.78, 5) is 54.1. The van der Waals surface area contributed by atoms with Gasteiger partial charge < -0.3 is 15.2 Å². The molecule has 1 aliphatic heterocycles. The quantitative estimate of drug-likeness (QED) is 0.159. The standard InChI is InChI=1S/C33H30FN3O7/c1-3-43-32(39)27-24(19-9-6-5-7-10-19)18-25-28(30(27)38)26(20-13-15-22(16-14-20)37(41)42)29(33(40)44-4-2)31(35)36(25)23-12-8-11-21(34)17-23/h5-17,24,26-27H,3-4,18,35H2,1-2H3. The van der Waals surface area contributed by atoms with E-state index in [0.717, 1.165) is 0 Å². The zero-order valence-corrected chi connectivity index (χ0v) is 24.1. The molecule has 0 saturated heterocycles. The molecule has 11 heteroatoms. The number of benzene rings is 3. The van der Waals surface area contributed by atoms with Crippen LogP contribution in [-0.4, -0.2) is 35.9 Å². The second kappa shape index (κ2) is 12.5. The first-order valence-electron chi connectivity index (χ1n) is 14.1. The minimum atomic E-state index is -1.27. The summed E-state index contributed by atoms with van der Waals surface area (Å²) in [7, 11) is 0. The highest BCUT2D eigenvalue weighted by Crippen LogP contribution is 2.51. The second-order valence-electron chi connectivity index (χ2n) is 10.3. The Bertz CT molecular complexity index is 1680. The van der Waals surface area contributed by atoms with Gasteiger partial charge in [-0.2, -0.15) is 0 Å². The zero-order valence-electron chi connectivity index (χ0n) is 24.1. The molecule has 0 amide bonds. The summed E-state index contributed by atoms with van der Waals surface area (Å²) in [6, 6.07) is 20.0. The van der Waals surface area contributed by atoms with E-state index < -0.39 is 46.2 Å². The zero-order chi connectivity index (χ0) is 31.5. The van der Waals surface area contributed by atoms with Crippen LogP contribution in [0.5, 0.6) is 0 Å². The van der Waals surface area contributed by atoms with Crippen molar-refractivity contribution in [3.63, 3.8) is 0 Å². The molecule has 5 rings (SSSR count). The predicted octanol–water partition coefficient (Wildman–Crippen LogP) is 5.26. The number of carbonyl (C=O) groups is 3. The van der Waals surface area contributed by atoms with Crippen LogP contribution >= 0.6 is 0 Å². The molecule has 10 nitrogen and oxygen atoms in total. The fraction of sp³-hybridized carbons (Fsp3) is 0.242. The van der Waals surface area contributed by atoms with Gasteiger partial charge in [-0.15, -0.1) is 0 Å². The Kier molecular flexibility index (Phi) is 8.57. The summed E-state index contributed by atoms with van der Waals surface area (Å²) in [6.45, 7) is 3.28. The van der Waals surface area contributed by atoms with E-state index in [-0.39, 0.29) is 48.0 Å². The smallest absolute Gasteiger partial charge is 0.338 e. The molecule has 3 aromatic rings. The van der Waals surface area contributed by atoms with Gasteiger partial charge in [-0.25, -0.2) is 9.18 Å². The number of hydrogen-bond acceptors (Lipinski definition) is 9. The van der Waals surface area contributed by atoms with Gasteiger partial charge in [0.05, 0.1) is 35.3 Å². The summed E-state index contributed by atoms with van der Waals surface area (Å²) in [5.74, 6) is -5.90. The fourth-order valence-electron chi connectivity index (χ4n) is 5.98. The minimum Gasteiger partial charge on any atom is -0.465 e. The van der Waals surface area contributed by atoms with E-state index in [0.29, 0.717) is 16.8 Å². The molecule has 0 spiro atoms. The van der Waals surface area contributed by atoms with Crippen LogP contribution in [0, 0.1) is 21.8 Å². The highest BCUT2D eigenvalue weighted by atomic mass is 19.1. The third kappa shape index (κ3) is 5.44. The maximum atomic E-state index is 14.7. The number of halogens is 1. The number of carbonyl (C=O) groups excluding carboxylic acids is 3. The van der Waals surface area contributed by atoms with Crippen LogP contribution in [0.25, 0.3) is 0 Å². The van der Waals surface area contributed by atoms with Crippen LogP contribution in [0.4, 0.5) is 15.8 Å². The highest BCUT2D eigenvalue weighted by molar-refractivity contribution is 6.14. The Balaban J connectivity index is 1.82. The number of esters is 2. The van der Waals surface area contributed by atoms with Gasteiger partial charge in [-0.1, -0.05) is 48.5 Å². The van der Waals surface area contributed by atoms with Crippen molar-refractivity contribution in [1.29, 1.82) is 0 Å². The number of nitro groups is 1. The normalized spacial score (nSPS) is 19.8. The molecule has 3 aromatic carbocycles. The second-order valence-corrected chi connectivity index (χ2v) is 10.3. The third-order valence-corrected chi connectivity index (χ3v) is 7.81. The van der Waals surface area contributed by atoms with Crippen molar-refractivity contribution in [1.82, 2.24) is 0 Å². The molecule has 1 heterocycles. The third-order valence-electron chi connectivity index (χ3n) is 7.81. The van der Waals surface area contributed by atoms with Crippen molar-refractivity contribution < 1.29 is 33.2 Å². The van der Waals surface area contributed by atoms with Gasteiger partial charge in [0.2, 0.25) is 0 Å². The lowest BCUT2D eigenvalue weighted by atomic mass is 9.67. The molecular formula is C33H30FN3O7. The van der Waals surface area contributed by atoms with Crippen molar-refractivity contribution in [3.8, 4) is 0 Å². The molecule has 1 aliphatic carbocycles. The molecule has 2 aliphatic rings. The molecule has 0 radical (unpaired) electrons. The van der Waals surface area contributed by atoms with Crippen LogP contribution in [0.2, 0.25) is 0 Å². The molecular weight excluding hydrogens is 569 g/mol. The molecule has 3 atom stereocenters. The molecule has 2 N–H and O–H groups in total. The SMILES string of the molecule is CCOC(=O)C1=C(N)N(c2cccc(F)c2)C2=C(C(=O)C(C(=O)OCC)C(c3ccccc3)C2)C1c1ccc([N+](=O)[O-])cc1. The lowest BCUT2D eigenvalue weighted by molar-refractivity contribution is -0.384. The average molecular weight is 600 g/mol. The summed E-state index contributed by atoms with van der Waals surface area (Å²) < 4.78 is 25.4. The maximum Gasteiger partial charge on any atom is 0.338 e. The van der Waals surface area contributed by atoms with Gasteiger partial charge in [0.15, 0.2) is 5.78 Å². The van der Waals surface area contributed by atoms with Crippen molar-refractivity contribution in [3.05, 3.63) is 129 Å². The Hall–Kier alpha value is -5.32. The topological polar surface area (TPSA) is 142 Å². The summed E-state index contributed by atoms with van der Waals surface area (Å²) >= 11 is 0. The first kappa shape index (κ1) is 30.1. The monoisotopic (exact) mass is 599 g/mol. The van der Waals surface area contributed by atoms with Crippen LogP contribution in [0.15, 0.2) is 102 Å². The molecule has 3 unspecified atom stereocenters. The number of anilines is 1.